The molecule has 0 aromatic heterocycles. The summed E-state index contributed by atoms with van der Waals surface area (Å²) in [5.41, 5.74) is 14.2. The van der Waals surface area contributed by atoms with Crippen LogP contribution < -0.4 is 24.8 Å². The Hall–Kier alpha value is -4.00. The summed E-state index contributed by atoms with van der Waals surface area (Å²) in [6, 6.07) is 68.7. The van der Waals surface area contributed by atoms with Gasteiger partial charge in [0.25, 0.3) is 0 Å². The first-order valence-corrected chi connectivity index (χ1v) is 20.4. The number of halogens is 2. The summed E-state index contributed by atoms with van der Waals surface area (Å²) in [6.45, 7) is 13.6. The summed E-state index contributed by atoms with van der Waals surface area (Å²) in [7, 11) is 0. The van der Waals surface area contributed by atoms with Gasteiger partial charge in [0.15, 0.2) is 0 Å². The Balaban J connectivity index is 0.000000220. The third kappa shape index (κ3) is 11.3. The molecule has 0 saturated carbocycles. The van der Waals surface area contributed by atoms with Crippen molar-refractivity contribution in [3.8, 4) is 11.1 Å². The summed E-state index contributed by atoms with van der Waals surface area (Å²) in [6.07, 6.45) is 1.03. The molecule has 0 fully saturated rings. The second-order valence-corrected chi connectivity index (χ2v) is 17.7. The van der Waals surface area contributed by atoms with Crippen LogP contribution in [0.25, 0.3) is 11.1 Å². The van der Waals surface area contributed by atoms with Crippen LogP contribution in [0.1, 0.15) is 97.9 Å². The molecular formula is C53H52Cl2Zr-2. The van der Waals surface area contributed by atoms with Gasteiger partial charge in [-0.05, 0) is 17.4 Å². The van der Waals surface area contributed by atoms with Gasteiger partial charge in [0.2, 0.25) is 0 Å². The fourth-order valence-electron chi connectivity index (χ4n) is 7.16. The monoisotopic (exact) mass is 848 g/mol. The van der Waals surface area contributed by atoms with E-state index in [1.807, 2.05) is 30.3 Å². The fourth-order valence-corrected chi connectivity index (χ4v) is 8.80. The van der Waals surface area contributed by atoms with Gasteiger partial charge in [-0.15, -0.1) is 5.56 Å². The van der Waals surface area contributed by atoms with Crippen LogP contribution in [0, 0.1) is 6.07 Å². The predicted octanol–water partition coefficient (Wildman–Crippen LogP) is 7.44. The fraction of sp³-hybridized carbons (Fsp3) is 0.208. The average molecular weight is 851 g/mol. The van der Waals surface area contributed by atoms with Gasteiger partial charge >= 0.3 is 183 Å². The zero-order valence-corrected chi connectivity index (χ0v) is 37.4. The molecule has 0 heterocycles. The zero-order chi connectivity index (χ0) is 38.1. The molecular weight excluding hydrogens is 799 g/mol. The van der Waals surface area contributed by atoms with E-state index in [2.05, 4.69) is 199 Å². The van der Waals surface area contributed by atoms with E-state index in [4.69, 9.17) is 0 Å². The summed E-state index contributed by atoms with van der Waals surface area (Å²) < 4.78 is 1.53. The van der Waals surface area contributed by atoms with Crippen molar-refractivity contribution in [2.24, 2.45) is 0 Å². The molecule has 0 amide bonds. The van der Waals surface area contributed by atoms with Crippen LogP contribution in [0.3, 0.4) is 0 Å². The van der Waals surface area contributed by atoms with Crippen molar-refractivity contribution in [3.63, 3.8) is 0 Å². The first-order valence-electron chi connectivity index (χ1n) is 19.1. The summed E-state index contributed by atoms with van der Waals surface area (Å²) >= 11 is 1.47. The van der Waals surface area contributed by atoms with Gasteiger partial charge in [0.05, 0.1) is 0 Å². The Morgan fingerprint density at radius 2 is 0.911 bits per heavy atom. The van der Waals surface area contributed by atoms with Crippen molar-refractivity contribution in [3.05, 3.63) is 233 Å². The molecule has 0 aliphatic heterocycles. The Kier molecular flexibility index (Phi) is 16.3. The third-order valence-corrected chi connectivity index (χ3v) is 11.7. The van der Waals surface area contributed by atoms with Crippen LogP contribution in [-0.4, -0.2) is 3.21 Å². The van der Waals surface area contributed by atoms with E-state index in [-0.39, 0.29) is 47.5 Å². The minimum atomic E-state index is 0. The first kappa shape index (κ1) is 44.7. The molecule has 0 spiro atoms. The van der Waals surface area contributed by atoms with E-state index in [1.54, 1.807) is 0 Å². The van der Waals surface area contributed by atoms with Crippen LogP contribution in [0.4, 0.5) is 0 Å². The Labute approximate surface area is 364 Å². The van der Waals surface area contributed by atoms with Crippen molar-refractivity contribution in [2.75, 3.05) is 0 Å². The normalized spacial score (nSPS) is 11.5. The van der Waals surface area contributed by atoms with Gasteiger partial charge in [0.1, 0.15) is 0 Å². The Morgan fingerprint density at radius 1 is 0.518 bits per heavy atom. The molecule has 0 nitrogen and oxygen atoms in total. The molecule has 0 atom stereocenters. The van der Waals surface area contributed by atoms with Crippen molar-refractivity contribution >= 4 is 3.21 Å². The molecule has 0 N–H and O–H groups in total. The van der Waals surface area contributed by atoms with Crippen LogP contribution >= 0.6 is 0 Å². The molecule has 3 heteroatoms. The number of hydrogen-bond donors (Lipinski definition) is 0. The maximum absolute atomic E-state index is 3.53. The van der Waals surface area contributed by atoms with Gasteiger partial charge in [-0.3, -0.25) is 0 Å². The minimum absolute atomic E-state index is 0. The minimum Gasteiger partial charge on any atom is -0.214 e. The van der Waals surface area contributed by atoms with E-state index < -0.39 is 0 Å². The Bertz CT molecular complexity index is 1970. The number of rotatable bonds is 6. The van der Waals surface area contributed by atoms with Crippen LogP contribution in [0.5, 0.6) is 0 Å². The van der Waals surface area contributed by atoms with E-state index in [0.717, 1.165) is 6.42 Å². The molecule has 0 bridgehead atoms. The maximum Gasteiger partial charge on any atom is -0.172 e. The van der Waals surface area contributed by atoms with Gasteiger partial charge in [-0.1, -0.05) is 76.3 Å². The van der Waals surface area contributed by atoms with Crippen molar-refractivity contribution in [1.82, 2.24) is 0 Å². The molecule has 7 aromatic rings. The molecule has 7 aromatic carbocycles. The summed E-state index contributed by atoms with van der Waals surface area (Å²) in [5.74, 6) is 0.567. The van der Waals surface area contributed by atoms with Gasteiger partial charge in [-0.2, -0.15) is 47.5 Å². The molecule has 1 aliphatic carbocycles. The van der Waals surface area contributed by atoms with E-state index in [1.165, 1.54) is 83.1 Å². The van der Waals surface area contributed by atoms with Crippen molar-refractivity contribution < 1.29 is 49.0 Å². The number of benzene rings is 6. The van der Waals surface area contributed by atoms with E-state index >= 15 is 0 Å². The molecule has 1 aliphatic rings. The SMILES string of the molecule is CC(C)(C)c1c[c-]c2c(c1)-c1cc(C(C)(C)C)ccc1C2.[Cl-].[Cl-].[Zr+2]=[C](C(c1ccccc1)c1ccccc1)C(c1ccccc1)c1ccccc1.c1cc[cH-]c1. The average Bonchev–Trinajstić information content (AvgIpc) is 3.89. The van der Waals surface area contributed by atoms with Crippen LogP contribution in [0.15, 0.2) is 182 Å². The summed E-state index contributed by atoms with van der Waals surface area (Å²) in [5, 5.41) is 0. The Morgan fingerprint density at radius 3 is 1.27 bits per heavy atom. The van der Waals surface area contributed by atoms with Gasteiger partial charge in [-0.25, -0.2) is 12.1 Å². The van der Waals surface area contributed by atoms with Gasteiger partial charge in [0, 0.05) is 0 Å². The summed E-state index contributed by atoms with van der Waals surface area (Å²) in [4.78, 5) is 0. The second kappa shape index (κ2) is 20.4. The zero-order valence-electron chi connectivity index (χ0n) is 33.4. The molecule has 0 saturated heterocycles. The maximum atomic E-state index is 3.53. The molecule has 0 unspecified atom stereocenters. The quantitative estimate of drug-likeness (QED) is 0.153. The smallest absolute Gasteiger partial charge is 0.172 e. The van der Waals surface area contributed by atoms with Gasteiger partial charge < -0.3 is 24.8 Å². The number of fused-ring (bicyclic) bond motifs is 3. The third-order valence-electron chi connectivity index (χ3n) is 10.2. The number of hydrogen-bond acceptors (Lipinski definition) is 0. The van der Waals surface area contributed by atoms with Crippen molar-refractivity contribution in [1.29, 1.82) is 0 Å². The van der Waals surface area contributed by atoms with Crippen LogP contribution in [-0.2, 0) is 41.5 Å². The molecule has 56 heavy (non-hydrogen) atoms. The van der Waals surface area contributed by atoms with E-state index in [9.17, 15) is 0 Å². The second-order valence-electron chi connectivity index (χ2n) is 16.3. The van der Waals surface area contributed by atoms with Crippen LogP contribution in [0.2, 0.25) is 0 Å². The largest absolute Gasteiger partial charge is 0.214 e. The molecule has 284 valence electrons. The molecule has 0 radical (unpaired) electrons. The molecule has 8 rings (SSSR count). The first-order chi connectivity index (χ1) is 26.0. The predicted molar refractivity (Wildman–Crippen MR) is 227 cm³/mol. The van der Waals surface area contributed by atoms with E-state index in [0.29, 0.717) is 0 Å². The standard InChI is InChI=1S/C27H22.C21H25.C5H5.2ClH.Zr/c1-5-13-22(14-6-1)26(23-15-7-2-8-16-23)21-27(24-17-9-3-10-18-24)25-19-11-4-12-20-25;1-20(2,3)16-9-7-14-11-15-8-10-17(21(4,5)6)13-19(15)18(14)12-16;1-2-4-5-3-1;;;/h1-20,26-27H;7,9-10,12-13H,11H2,1-6H3;1-5H;2*1H;/q;2*-1;;;+2/p-2. The van der Waals surface area contributed by atoms with Crippen molar-refractivity contribution in [2.45, 2.75) is 70.6 Å². The topological polar surface area (TPSA) is 0 Å².